The number of hydrogen-bond donors (Lipinski definition) is 0. The summed E-state index contributed by atoms with van der Waals surface area (Å²) in [4.78, 5) is 12.4. The highest BCUT2D eigenvalue weighted by Gasteiger charge is 2.21. The largest absolute Gasteiger partial charge is 0.457 e. The molecule has 0 spiro atoms. The molecular formula is C16H20N2O5S. The van der Waals surface area contributed by atoms with Gasteiger partial charge in [-0.2, -0.15) is 0 Å². The standard InChI is InChI=1S/C16H20N2O5S/c1-10-6-7-13(24(20,21)18(4)5)8-14(10)16(19)22-9-15-11(2)17-23-12(15)3/h6-8H,9H2,1-5H3. The van der Waals surface area contributed by atoms with Crippen molar-refractivity contribution >= 4 is 16.0 Å². The molecule has 0 saturated carbocycles. The second-order valence-corrected chi connectivity index (χ2v) is 7.79. The van der Waals surface area contributed by atoms with Gasteiger partial charge < -0.3 is 9.26 Å². The normalized spacial score (nSPS) is 11.8. The molecule has 1 heterocycles. The maximum atomic E-state index is 12.4. The highest BCUT2D eigenvalue weighted by atomic mass is 32.2. The van der Waals surface area contributed by atoms with Gasteiger partial charge in [0.1, 0.15) is 12.4 Å². The van der Waals surface area contributed by atoms with E-state index in [2.05, 4.69) is 5.16 Å². The number of ether oxygens (including phenoxy) is 1. The van der Waals surface area contributed by atoms with Crippen molar-refractivity contribution in [3.05, 3.63) is 46.3 Å². The van der Waals surface area contributed by atoms with Crippen molar-refractivity contribution in [3.8, 4) is 0 Å². The first-order valence-corrected chi connectivity index (χ1v) is 8.70. The molecule has 0 aliphatic carbocycles. The van der Waals surface area contributed by atoms with Crippen LogP contribution in [0.5, 0.6) is 0 Å². The zero-order chi connectivity index (χ0) is 18.1. The lowest BCUT2D eigenvalue weighted by atomic mass is 10.1. The Balaban J connectivity index is 2.26. The van der Waals surface area contributed by atoms with Crippen LogP contribution in [0.4, 0.5) is 0 Å². The van der Waals surface area contributed by atoms with Crippen molar-refractivity contribution in [2.45, 2.75) is 32.3 Å². The zero-order valence-electron chi connectivity index (χ0n) is 14.3. The molecule has 0 aliphatic rings. The maximum absolute atomic E-state index is 12.4. The molecule has 0 aliphatic heterocycles. The number of esters is 1. The van der Waals surface area contributed by atoms with Gasteiger partial charge in [0.25, 0.3) is 0 Å². The monoisotopic (exact) mass is 352 g/mol. The lowest BCUT2D eigenvalue weighted by molar-refractivity contribution is 0.0469. The van der Waals surface area contributed by atoms with Gasteiger partial charge in [0, 0.05) is 14.1 Å². The van der Waals surface area contributed by atoms with E-state index < -0.39 is 16.0 Å². The minimum atomic E-state index is -3.62. The highest BCUT2D eigenvalue weighted by Crippen LogP contribution is 2.20. The Morgan fingerprint density at radius 3 is 2.46 bits per heavy atom. The number of carbonyl (C=O) groups is 1. The second-order valence-electron chi connectivity index (χ2n) is 5.64. The fourth-order valence-electron chi connectivity index (χ4n) is 2.12. The first-order chi connectivity index (χ1) is 11.1. The van der Waals surface area contributed by atoms with Gasteiger partial charge in [-0.15, -0.1) is 0 Å². The average Bonchev–Trinajstić information content (AvgIpc) is 2.83. The van der Waals surface area contributed by atoms with Crippen LogP contribution in [-0.4, -0.2) is 37.9 Å². The van der Waals surface area contributed by atoms with Crippen molar-refractivity contribution in [1.29, 1.82) is 0 Å². The van der Waals surface area contributed by atoms with E-state index in [-0.39, 0.29) is 17.1 Å². The summed E-state index contributed by atoms with van der Waals surface area (Å²) in [5.41, 5.74) is 2.21. The number of nitrogens with zero attached hydrogens (tertiary/aromatic N) is 2. The van der Waals surface area contributed by atoms with Crippen LogP contribution in [0.25, 0.3) is 0 Å². The lowest BCUT2D eigenvalue weighted by Crippen LogP contribution is -2.22. The molecule has 8 heteroatoms. The molecule has 0 fully saturated rings. The zero-order valence-corrected chi connectivity index (χ0v) is 15.1. The van der Waals surface area contributed by atoms with E-state index in [0.29, 0.717) is 22.6 Å². The van der Waals surface area contributed by atoms with Gasteiger partial charge in [0.05, 0.1) is 21.7 Å². The van der Waals surface area contributed by atoms with Crippen molar-refractivity contribution in [3.63, 3.8) is 0 Å². The average molecular weight is 352 g/mol. The van der Waals surface area contributed by atoms with Gasteiger partial charge in [-0.05, 0) is 38.5 Å². The van der Waals surface area contributed by atoms with E-state index in [4.69, 9.17) is 9.26 Å². The molecule has 1 aromatic carbocycles. The second kappa shape index (κ2) is 6.74. The summed E-state index contributed by atoms with van der Waals surface area (Å²) in [5.74, 6) is -0.00994. The topological polar surface area (TPSA) is 89.7 Å². The number of benzene rings is 1. The van der Waals surface area contributed by atoms with Crippen LogP contribution in [0, 0.1) is 20.8 Å². The molecular weight excluding hydrogens is 332 g/mol. The minimum Gasteiger partial charge on any atom is -0.457 e. The van der Waals surface area contributed by atoms with E-state index in [0.717, 1.165) is 4.31 Å². The third-order valence-corrected chi connectivity index (χ3v) is 5.55. The van der Waals surface area contributed by atoms with Gasteiger partial charge in [0.2, 0.25) is 10.0 Å². The van der Waals surface area contributed by atoms with Crippen LogP contribution in [-0.2, 0) is 21.4 Å². The molecule has 0 N–H and O–H groups in total. The van der Waals surface area contributed by atoms with Crippen molar-refractivity contribution < 1.29 is 22.5 Å². The maximum Gasteiger partial charge on any atom is 0.338 e. The first kappa shape index (κ1) is 18.2. The highest BCUT2D eigenvalue weighted by molar-refractivity contribution is 7.89. The molecule has 0 unspecified atom stereocenters. The Bertz CT molecular complexity index is 849. The van der Waals surface area contributed by atoms with E-state index in [1.165, 1.54) is 26.2 Å². The summed E-state index contributed by atoms with van der Waals surface area (Å²) < 4.78 is 35.8. The molecule has 2 rings (SSSR count). The quantitative estimate of drug-likeness (QED) is 0.767. The van der Waals surface area contributed by atoms with Gasteiger partial charge in [0.15, 0.2) is 0 Å². The van der Waals surface area contributed by atoms with E-state index >= 15 is 0 Å². The number of aryl methyl sites for hydroxylation is 3. The first-order valence-electron chi connectivity index (χ1n) is 7.26. The summed E-state index contributed by atoms with van der Waals surface area (Å²) in [6.07, 6.45) is 0. The Labute approximate surface area is 141 Å². The number of aromatic nitrogens is 1. The van der Waals surface area contributed by atoms with Crippen molar-refractivity contribution in [1.82, 2.24) is 9.46 Å². The van der Waals surface area contributed by atoms with E-state index in [9.17, 15) is 13.2 Å². The smallest absolute Gasteiger partial charge is 0.338 e. The van der Waals surface area contributed by atoms with Crippen LogP contribution in [0.1, 0.15) is 32.9 Å². The number of hydrogen-bond acceptors (Lipinski definition) is 6. The molecule has 0 amide bonds. The van der Waals surface area contributed by atoms with Crippen LogP contribution < -0.4 is 0 Å². The Kier molecular flexibility index (Phi) is 5.10. The fraction of sp³-hybridized carbons (Fsp3) is 0.375. The predicted molar refractivity (Wildman–Crippen MR) is 87.1 cm³/mol. The van der Waals surface area contributed by atoms with E-state index in [1.807, 2.05) is 0 Å². The van der Waals surface area contributed by atoms with Crippen molar-refractivity contribution in [2.24, 2.45) is 0 Å². The number of rotatable bonds is 5. The molecule has 0 atom stereocenters. The summed E-state index contributed by atoms with van der Waals surface area (Å²) >= 11 is 0. The van der Waals surface area contributed by atoms with Crippen LogP contribution in [0.15, 0.2) is 27.6 Å². The number of carbonyl (C=O) groups excluding carboxylic acids is 1. The minimum absolute atomic E-state index is 0.0180. The summed E-state index contributed by atoms with van der Waals surface area (Å²) in [6, 6.07) is 4.39. The molecule has 0 saturated heterocycles. The fourth-order valence-corrected chi connectivity index (χ4v) is 3.04. The molecule has 0 bridgehead atoms. The summed E-state index contributed by atoms with van der Waals surface area (Å²) in [5, 5.41) is 3.80. The summed E-state index contributed by atoms with van der Waals surface area (Å²) in [7, 11) is -0.750. The van der Waals surface area contributed by atoms with Crippen LogP contribution in [0.3, 0.4) is 0 Å². The van der Waals surface area contributed by atoms with E-state index in [1.54, 1.807) is 26.8 Å². The molecule has 24 heavy (non-hydrogen) atoms. The molecule has 0 radical (unpaired) electrons. The molecule has 130 valence electrons. The lowest BCUT2D eigenvalue weighted by Gasteiger charge is -2.13. The Morgan fingerprint density at radius 1 is 1.25 bits per heavy atom. The Morgan fingerprint density at radius 2 is 1.92 bits per heavy atom. The SMILES string of the molecule is Cc1ccc(S(=O)(=O)N(C)C)cc1C(=O)OCc1c(C)noc1C. The third kappa shape index (κ3) is 3.49. The van der Waals surface area contributed by atoms with Gasteiger partial charge in [-0.1, -0.05) is 11.2 Å². The molecule has 2 aromatic rings. The van der Waals surface area contributed by atoms with Crippen LogP contribution >= 0.6 is 0 Å². The van der Waals surface area contributed by atoms with Gasteiger partial charge in [-0.3, -0.25) is 0 Å². The Hall–Kier alpha value is -2.19. The predicted octanol–water partition coefficient (Wildman–Crippen LogP) is 2.21. The number of sulfonamides is 1. The van der Waals surface area contributed by atoms with Crippen LogP contribution in [0.2, 0.25) is 0 Å². The van der Waals surface area contributed by atoms with Gasteiger partial charge in [-0.25, -0.2) is 17.5 Å². The third-order valence-electron chi connectivity index (χ3n) is 3.74. The molecule has 7 nitrogen and oxygen atoms in total. The van der Waals surface area contributed by atoms with Crippen molar-refractivity contribution in [2.75, 3.05) is 14.1 Å². The summed E-state index contributed by atoms with van der Waals surface area (Å²) in [6.45, 7) is 5.23. The van der Waals surface area contributed by atoms with Gasteiger partial charge >= 0.3 is 5.97 Å². The molecule has 1 aromatic heterocycles.